The molecule has 5 aliphatic rings. The average Bonchev–Trinajstić information content (AvgIpc) is 3.92. The van der Waals surface area contributed by atoms with Crippen LogP contribution in [0.25, 0.3) is 5.65 Å². The number of aromatic nitrogens is 5. The minimum Gasteiger partial charge on any atom is -0.444 e. The van der Waals surface area contributed by atoms with Crippen LogP contribution in [0.1, 0.15) is 113 Å². The zero-order chi connectivity index (χ0) is 37.1. The lowest BCUT2D eigenvalue weighted by Gasteiger charge is -2.46. The Bertz CT molecular complexity index is 1840. The maximum absolute atomic E-state index is 14.2. The SMILES string of the molecule is CC(C)(C)OC(=O)N1CCC2(CCC(CN3CCC(n4cc(NC(=O)c5cnn6ccc(N7C[C@H]8C[C@@H]7CC8=O)nc56)c(C(F)F)n4)CC3)CC2)CC1. The highest BCUT2D eigenvalue weighted by Gasteiger charge is 2.44. The molecule has 15 heteroatoms. The number of piperidine rings is 3. The van der Waals surface area contributed by atoms with Crippen molar-refractivity contribution in [3.63, 3.8) is 0 Å². The Morgan fingerprint density at radius 1 is 1.04 bits per heavy atom. The molecule has 2 bridgehead atoms. The standard InChI is InChI=1S/C38H51F2N9O4/c1-37(2,3)53-36(52)46-16-11-38(12-17-46)9-4-24(5-10-38)21-45-13-6-26(7-14-45)49-23-29(32(44-49)33(39)40)42-35(51)28-20-41-48-15-8-31(43-34(28)48)47-22-25-18-27(47)19-30(25)50/h8,15,20,23-27,33H,4-7,9-14,16-19,21-22H2,1-3H3,(H,42,51)/t25-,27-/m1/s1. The number of carbonyl (C=O) groups is 3. The minimum atomic E-state index is -2.85. The van der Waals surface area contributed by atoms with E-state index in [2.05, 4.69) is 25.3 Å². The Hall–Kier alpha value is -4.14. The molecule has 0 radical (unpaired) electrons. The highest BCUT2D eigenvalue weighted by molar-refractivity contribution is 6.08. The topological polar surface area (TPSA) is 130 Å². The average molecular weight is 736 g/mol. The Morgan fingerprint density at radius 2 is 1.77 bits per heavy atom. The third kappa shape index (κ3) is 7.37. The summed E-state index contributed by atoms with van der Waals surface area (Å²) in [4.78, 5) is 49.3. The summed E-state index contributed by atoms with van der Waals surface area (Å²) in [6.45, 7) is 10.6. The van der Waals surface area contributed by atoms with Gasteiger partial charge in [-0.1, -0.05) is 0 Å². The molecule has 3 aliphatic heterocycles. The van der Waals surface area contributed by atoms with Gasteiger partial charge in [0, 0.05) is 70.0 Å². The van der Waals surface area contributed by atoms with Crippen LogP contribution in [0.15, 0.2) is 24.7 Å². The number of halogens is 2. The van der Waals surface area contributed by atoms with Crippen LogP contribution in [0, 0.1) is 17.3 Å². The number of alkyl halides is 2. The number of nitrogens with zero attached hydrogens (tertiary/aromatic N) is 8. The van der Waals surface area contributed by atoms with E-state index < -0.39 is 23.6 Å². The Balaban J connectivity index is 0.841. The Labute approximate surface area is 308 Å². The van der Waals surface area contributed by atoms with Crippen molar-refractivity contribution in [2.45, 2.75) is 109 Å². The van der Waals surface area contributed by atoms with E-state index in [1.54, 1.807) is 10.9 Å². The molecule has 2 amide bonds. The number of carbonyl (C=O) groups excluding carboxylic acids is 3. The summed E-state index contributed by atoms with van der Waals surface area (Å²) < 4.78 is 37.2. The lowest BCUT2D eigenvalue weighted by Crippen LogP contribution is -2.47. The van der Waals surface area contributed by atoms with Gasteiger partial charge >= 0.3 is 6.09 Å². The third-order valence-corrected chi connectivity index (χ3v) is 12.5. The van der Waals surface area contributed by atoms with Crippen molar-refractivity contribution < 1.29 is 27.9 Å². The van der Waals surface area contributed by atoms with E-state index in [4.69, 9.17) is 9.72 Å². The second-order valence-corrected chi connectivity index (χ2v) is 17.1. The van der Waals surface area contributed by atoms with E-state index in [0.717, 1.165) is 64.8 Å². The predicted octanol–water partition coefficient (Wildman–Crippen LogP) is 6.13. The predicted molar refractivity (Wildman–Crippen MR) is 193 cm³/mol. The molecule has 2 atom stereocenters. The number of amides is 2. The summed E-state index contributed by atoms with van der Waals surface area (Å²) >= 11 is 0. The van der Waals surface area contributed by atoms with Gasteiger partial charge in [-0.2, -0.15) is 10.2 Å². The van der Waals surface area contributed by atoms with Crippen molar-refractivity contribution in [3.05, 3.63) is 35.9 Å². The van der Waals surface area contributed by atoms with Gasteiger partial charge < -0.3 is 24.8 Å². The molecule has 0 aromatic carbocycles. The first-order valence-corrected chi connectivity index (χ1v) is 19.4. The molecular formula is C38H51F2N9O4. The number of rotatable bonds is 7. The van der Waals surface area contributed by atoms with Crippen LogP contribution in [0.2, 0.25) is 0 Å². The van der Waals surface area contributed by atoms with Crippen molar-refractivity contribution >= 4 is 34.9 Å². The van der Waals surface area contributed by atoms with Gasteiger partial charge in [0.15, 0.2) is 11.3 Å². The molecular weight excluding hydrogens is 684 g/mol. The van der Waals surface area contributed by atoms with Crippen LogP contribution in [-0.2, 0) is 9.53 Å². The third-order valence-electron chi connectivity index (χ3n) is 12.5. The van der Waals surface area contributed by atoms with Gasteiger partial charge in [-0.3, -0.25) is 14.3 Å². The quantitative estimate of drug-likeness (QED) is 0.305. The fraction of sp³-hybridized carbons (Fsp3) is 0.684. The number of fused-ring (bicyclic) bond motifs is 3. The summed E-state index contributed by atoms with van der Waals surface area (Å²) in [6.07, 6.45) is 11.4. The van der Waals surface area contributed by atoms with Crippen molar-refractivity contribution in [1.82, 2.24) is 34.2 Å². The molecule has 2 saturated carbocycles. The van der Waals surface area contributed by atoms with Crippen LogP contribution in [0.5, 0.6) is 0 Å². The normalized spacial score (nSPS) is 24.2. The molecule has 3 aromatic rings. The molecule has 5 fully saturated rings. The highest BCUT2D eigenvalue weighted by Crippen LogP contribution is 2.47. The number of ketones is 1. The van der Waals surface area contributed by atoms with Gasteiger partial charge in [0.2, 0.25) is 0 Å². The Kier molecular flexibility index (Phi) is 9.43. The lowest BCUT2D eigenvalue weighted by atomic mass is 9.65. The summed E-state index contributed by atoms with van der Waals surface area (Å²) in [5.74, 6) is 1.04. The van der Waals surface area contributed by atoms with Gasteiger partial charge in [-0.05, 0) is 96.0 Å². The van der Waals surface area contributed by atoms with E-state index >= 15 is 0 Å². The molecule has 1 spiro atoms. The smallest absolute Gasteiger partial charge is 0.410 e. The second kappa shape index (κ2) is 13.9. The molecule has 3 saturated heterocycles. The minimum absolute atomic E-state index is 0.00800. The summed E-state index contributed by atoms with van der Waals surface area (Å²) in [6, 6.07) is 1.89. The van der Waals surface area contributed by atoms with Crippen molar-refractivity contribution in [1.29, 1.82) is 0 Å². The number of ether oxygens (including phenoxy) is 1. The van der Waals surface area contributed by atoms with Gasteiger partial charge in [0.25, 0.3) is 12.3 Å². The summed E-state index contributed by atoms with van der Waals surface area (Å²) in [5.41, 5.74) is -0.106. The van der Waals surface area contributed by atoms with Crippen LogP contribution in [0.4, 0.5) is 25.1 Å². The second-order valence-electron chi connectivity index (χ2n) is 17.1. The van der Waals surface area contributed by atoms with E-state index in [1.165, 1.54) is 42.6 Å². The maximum atomic E-state index is 14.2. The van der Waals surface area contributed by atoms with E-state index in [0.29, 0.717) is 41.5 Å². The first kappa shape index (κ1) is 35.9. The number of likely N-dealkylation sites (tertiary alicyclic amines) is 2. The molecule has 0 unspecified atom stereocenters. The molecule has 8 rings (SSSR count). The van der Waals surface area contributed by atoms with Crippen LogP contribution in [-0.4, -0.2) is 103 Å². The monoisotopic (exact) mass is 735 g/mol. The molecule has 53 heavy (non-hydrogen) atoms. The number of anilines is 2. The fourth-order valence-electron chi connectivity index (χ4n) is 9.44. The molecule has 13 nitrogen and oxygen atoms in total. The van der Waals surface area contributed by atoms with Gasteiger partial charge in [-0.15, -0.1) is 0 Å². The fourth-order valence-corrected chi connectivity index (χ4v) is 9.44. The van der Waals surface area contributed by atoms with Gasteiger partial charge in [0.05, 0.1) is 17.9 Å². The summed E-state index contributed by atoms with van der Waals surface area (Å²) in [5, 5.41) is 11.2. The maximum Gasteiger partial charge on any atom is 0.410 e. The van der Waals surface area contributed by atoms with E-state index in [9.17, 15) is 23.2 Å². The van der Waals surface area contributed by atoms with Crippen molar-refractivity contribution in [2.75, 3.05) is 49.5 Å². The van der Waals surface area contributed by atoms with Gasteiger partial charge in [-0.25, -0.2) is 23.1 Å². The first-order chi connectivity index (χ1) is 25.3. The highest BCUT2D eigenvalue weighted by atomic mass is 19.3. The van der Waals surface area contributed by atoms with Gasteiger partial charge in [0.1, 0.15) is 22.8 Å². The molecule has 1 N–H and O–H groups in total. The Morgan fingerprint density at radius 3 is 2.42 bits per heavy atom. The number of Topliss-reactive ketones (excluding diaryl/α,β-unsaturated/α-hetero) is 1. The summed E-state index contributed by atoms with van der Waals surface area (Å²) in [7, 11) is 0. The van der Waals surface area contributed by atoms with Crippen LogP contribution >= 0.6 is 0 Å². The number of nitrogens with one attached hydrogen (secondary N) is 1. The van der Waals surface area contributed by atoms with Crippen molar-refractivity contribution in [3.8, 4) is 0 Å². The van der Waals surface area contributed by atoms with Crippen molar-refractivity contribution in [2.24, 2.45) is 17.3 Å². The lowest BCUT2D eigenvalue weighted by molar-refractivity contribution is -0.120. The molecule has 286 valence electrons. The number of hydrogen-bond acceptors (Lipinski definition) is 9. The van der Waals surface area contributed by atoms with Crippen LogP contribution in [0.3, 0.4) is 0 Å². The largest absolute Gasteiger partial charge is 0.444 e. The van der Waals surface area contributed by atoms with E-state index in [-0.39, 0.29) is 35.3 Å². The molecule has 6 heterocycles. The molecule has 2 aliphatic carbocycles. The zero-order valence-electron chi connectivity index (χ0n) is 31.0. The zero-order valence-corrected chi connectivity index (χ0v) is 31.0. The number of hydrogen-bond donors (Lipinski definition) is 1. The van der Waals surface area contributed by atoms with Crippen LogP contribution < -0.4 is 10.2 Å². The first-order valence-electron chi connectivity index (χ1n) is 19.4. The molecule has 3 aromatic heterocycles. The van der Waals surface area contributed by atoms with E-state index in [1.807, 2.05) is 31.7 Å².